The van der Waals surface area contributed by atoms with Crippen LogP contribution in [0.5, 0.6) is 0 Å². The molecule has 0 radical (unpaired) electrons. The number of anilines is 1. The number of rotatable bonds is 5. The average molecular weight is 313 g/mol. The maximum atomic E-state index is 11.1. The number of nitro groups is 1. The highest BCUT2D eigenvalue weighted by atomic mass is 35.5. The zero-order valence-electron chi connectivity index (χ0n) is 12.4. The second-order valence-corrected chi connectivity index (χ2v) is 5.93. The van der Waals surface area contributed by atoms with Crippen LogP contribution in [0.3, 0.4) is 0 Å². The summed E-state index contributed by atoms with van der Waals surface area (Å²) in [4.78, 5) is 10.7. The Balaban J connectivity index is 2.16. The summed E-state index contributed by atoms with van der Waals surface area (Å²) in [6, 6.07) is 4.91. The molecule has 1 aliphatic rings. The van der Waals surface area contributed by atoms with Crippen LogP contribution in [0.2, 0.25) is 5.02 Å². The number of hydrogen-bond donors (Lipinski definition) is 1. The van der Waals surface area contributed by atoms with Crippen LogP contribution in [-0.2, 0) is 4.74 Å². The van der Waals surface area contributed by atoms with Crippen LogP contribution in [-0.4, -0.2) is 23.2 Å². The zero-order chi connectivity index (χ0) is 15.5. The van der Waals surface area contributed by atoms with Gasteiger partial charge < -0.3 is 10.1 Å². The van der Waals surface area contributed by atoms with E-state index in [1.807, 2.05) is 0 Å². The molecule has 2 rings (SSSR count). The molecule has 1 aromatic carbocycles. The predicted octanol–water partition coefficient (Wildman–Crippen LogP) is 4.40. The van der Waals surface area contributed by atoms with Crippen LogP contribution in [0.15, 0.2) is 18.2 Å². The highest BCUT2D eigenvalue weighted by molar-refractivity contribution is 6.30. The van der Waals surface area contributed by atoms with Gasteiger partial charge in [-0.3, -0.25) is 10.1 Å². The van der Waals surface area contributed by atoms with Gasteiger partial charge in [-0.05, 0) is 37.8 Å². The Morgan fingerprint density at radius 1 is 1.48 bits per heavy atom. The highest BCUT2D eigenvalue weighted by Gasteiger charge is 2.35. The molecule has 1 aliphatic heterocycles. The van der Waals surface area contributed by atoms with E-state index in [2.05, 4.69) is 19.2 Å². The lowest BCUT2D eigenvalue weighted by atomic mass is 9.86. The molecule has 1 N–H and O–H groups in total. The maximum absolute atomic E-state index is 11.1. The minimum Gasteiger partial charge on any atom is -0.377 e. The molecule has 1 aromatic rings. The summed E-state index contributed by atoms with van der Waals surface area (Å²) in [7, 11) is 0. The fourth-order valence-corrected chi connectivity index (χ4v) is 3.06. The molecule has 1 saturated heterocycles. The molecule has 1 atom stereocenters. The van der Waals surface area contributed by atoms with Gasteiger partial charge in [0.25, 0.3) is 5.69 Å². The molecule has 0 spiro atoms. The lowest BCUT2D eigenvalue weighted by molar-refractivity contribution is -0.384. The van der Waals surface area contributed by atoms with Crippen LogP contribution in [0.25, 0.3) is 0 Å². The number of nitrogens with one attached hydrogen (secondary N) is 1. The van der Waals surface area contributed by atoms with Gasteiger partial charge in [-0.25, -0.2) is 0 Å². The molecule has 0 saturated carbocycles. The van der Waals surface area contributed by atoms with E-state index in [4.69, 9.17) is 16.3 Å². The van der Waals surface area contributed by atoms with Gasteiger partial charge in [0, 0.05) is 23.7 Å². The Labute approximate surface area is 129 Å². The molecule has 0 bridgehead atoms. The molecular formula is C15H21ClN2O3. The number of halogens is 1. The van der Waals surface area contributed by atoms with Gasteiger partial charge in [0.2, 0.25) is 0 Å². The van der Waals surface area contributed by atoms with Crippen molar-refractivity contribution in [1.29, 1.82) is 0 Å². The second-order valence-electron chi connectivity index (χ2n) is 5.49. The summed E-state index contributed by atoms with van der Waals surface area (Å²) in [5.41, 5.74) is 0.432. The zero-order valence-corrected chi connectivity index (χ0v) is 13.2. The Bertz CT molecular complexity index is 518. The van der Waals surface area contributed by atoms with Gasteiger partial charge in [-0.1, -0.05) is 25.4 Å². The predicted molar refractivity (Wildman–Crippen MR) is 84.0 cm³/mol. The Morgan fingerprint density at radius 2 is 2.19 bits per heavy atom. The Morgan fingerprint density at radius 3 is 2.81 bits per heavy atom. The van der Waals surface area contributed by atoms with Gasteiger partial charge >= 0.3 is 0 Å². The van der Waals surface area contributed by atoms with E-state index in [0.29, 0.717) is 17.3 Å². The fourth-order valence-electron chi connectivity index (χ4n) is 2.89. The van der Waals surface area contributed by atoms with Gasteiger partial charge in [-0.15, -0.1) is 0 Å². The largest absolute Gasteiger partial charge is 0.377 e. The van der Waals surface area contributed by atoms with E-state index in [-0.39, 0.29) is 17.3 Å². The van der Waals surface area contributed by atoms with E-state index < -0.39 is 4.92 Å². The van der Waals surface area contributed by atoms with Crippen molar-refractivity contribution in [3.8, 4) is 0 Å². The standard InChI is InChI=1S/C15H21ClN2O3/c1-3-15(4-2)10-12(7-8-21-15)17-13-6-5-11(16)9-14(13)18(19)20/h5-6,9,12,17H,3-4,7-8,10H2,1-2H3. The molecule has 0 aliphatic carbocycles. The topological polar surface area (TPSA) is 64.4 Å². The van der Waals surface area contributed by atoms with Gasteiger partial charge in [0.05, 0.1) is 10.5 Å². The van der Waals surface area contributed by atoms with E-state index in [9.17, 15) is 10.1 Å². The smallest absolute Gasteiger partial charge is 0.293 e. The van der Waals surface area contributed by atoms with Crippen molar-refractivity contribution in [3.05, 3.63) is 33.3 Å². The Hall–Kier alpha value is -1.33. The van der Waals surface area contributed by atoms with Crippen molar-refractivity contribution in [1.82, 2.24) is 0 Å². The van der Waals surface area contributed by atoms with Gasteiger partial charge in [0.1, 0.15) is 5.69 Å². The minimum atomic E-state index is -0.402. The van der Waals surface area contributed by atoms with Crippen molar-refractivity contribution in [2.45, 2.75) is 51.2 Å². The van der Waals surface area contributed by atoms with Crippen LogP contribution in [0.4, 0.5) is 11.4 Å². The molecule has 1 heterocycles. The third-order valence-corrected chi connectivity index (χ3v) is 4.53. The summed E-state index contributed by atoms with van der Waals surface area (Å²) >= 11 is 5.84. The molecule has 116 valence electrons. The number of nitro benzene ring substituents is 1. The third kappa shape index (κ3) is 3.66. The van der Waals surface area contributed by atoms with E-state index in [1.165, 1.54) is 6.07 Å². The molecule has 5 nitrogen and oxygen atoms in total. The third-order valence-electron chi connectivity index (χ3n) is 4.30. The normalized spacial score (nSPS) is 21.0. The minimum absolute atomic E-state index is 0.0209. The van der Waals surface area contributed by atoms with Crippen molar-refractivity contribution >= 4 is 23.0 Å². The fraction of sp³-hybridized carbons (Fsp3) is 0.600. The Kier molecular flexibility index (Phi) is 5.06. The number of benzene rings is 1. The molecule has 21 heavy (non-hydrogen) atoms. The average Bonchev–Trinajstić information content (AvgIpc) is 2.49. The van der Waals surface area contributed by atoms with Crippen LogP contribution in [0.1, 0.15) is 39.5 Å². The van der Waals surface area contributed by atoms with Crippen molar-refractivity contribution < 1.29 is 9.66 Å². The molecule has 6 heteroatoms. The van der Waals surface area contributed by atoms with Crippen LogP contribution < -0.4 is 5.32 Å². The van der Waals surface area contributed by atoms with Gasteiger partial charge in [-0.2, -0.15) is 0 Å². The summed E-state index contributed by atoms with van der Waals surface area (Å²) < 4.78 is 5.93. The first-order valence-corrected chi connectivity index (χ1v) is 7.72. The number of nitrogens with zero attached hydrogens (tertiary/aromatic N) is 1. The maximum Gasteiger partial charge on any atom is 0.293 e. The van der Waals surface area contributed by atoms with E-state index >= 15 is 0 Å². The summed E-state index contributed by atoms with van der Waals surface area (Å²) in [5, 5.41) is 14.8. The molecular weight excluding hydrogens is 292 g/mol. The van der Waals surface area contributed by atoms with Crippen LogP contribution in [0, 0.1) is 10.1 Å². The van der Waals surface area contributed by atoms with Crippen molar-refractivity contribution in [2.75, 3.05) is 11.9 Å². The first kappa shape index (κ1) is 16.0. The molecule has 1 unspecified atom stereocenters. The SMILES string of the molecule is CCC1(CC)CC(Nc2ccc(Cl)cc2[N+](=O)[O-])CCO1. The summed E-state index contributed by atoms with van der Waals surface area (Å²) in [6.07, 6.45) is 3.61. The lowest BCUT2D eigenvalue weighted by Crippen LogP contribution is -2.43. The quantitative estimate of drug-likeness (QED) is 0.646. The molecule has 0 amide bonds. The highest BCUT2D eigenvalue weighted by Crippen LogP contribution is 2.35. The first-order chi connectivity index (χ1) is 9.99. The summed E-state index contributed by atoms with van der Waals surface area (Å²) in [6.45, 7) is 4.92. The molecule has 0 aromatic heterocycles. The van der Waals surface area contributed by atoms with Crippen molar-refractivity contribution in [2.24, 2.45) is 0 Å². The van der Waals surface area contributed by atoms with E-state index in [1.54, 1.807) is 12.1 Å². The number of hydrogen-bond acceptors (Lipinski definition) is 4. The van der Waals surface area contributed by atoms with Crippen molar-refractivity contribution in [3.63, 3.8) is 0 Å². The second kappa shape index (κ2) is 6.62. The van der Waals surface area contributed by atoms with Crippen LogP contribution >= 0.6 is 11.6 Å². The van der Waals surface area contributed by atoms with Gasteiger partial charge in [0.15, 0.2) is 0 Å². The monoisotopic (exact) mass is 312 g/mol. The number of ether oxygens (including phenoxy) is 1. The van der Waals surface area contributed by atoms with E-state index in [0.717, 1.165) is 25.7 Å². The first-order valence-electron chi connectivity index (χ1n) is 7.34. The lowest BCUT2D eigenvalue weighted by Gasteiger charge is -2.40. The summed E-state index contributed by atoms with van der Waals surface area (Å²) in [5.74, 6) is 0. The molecule has 1 fully saturated rings.